The molecule has 1 aliphatic rings. The second-order valence-corrected chi connectivity index (χ2v) is 3.47. The fourth-order valence-corrected chi connectivity index (χ4v) is 1.75. The summed E-state index contributed by atoms with van der Waals surface area (Å²) in [5, 5.41) is 0. The predicted octanol–water partition coefficient (Wildman–Crippen LogP) is 2.12. The molecule has 0 aliphatic heterocycles. The average molecular weight is 160 g/mol. The van der Waals surface area contributed by atoms with Gasteiger partial charge < -0.3 is 4.74 Å². The predicted molar refractivity (Wildman–Crippen MR) is 46.6 cm³/mol. The van der Waals surface area contributed by atoms with Gasteiger partial charge >= 0.3 is 0 Å². The third kappa shape index (κ3) is 1.67. The van der Waals surface area contributed by atoms with Crippen molar-refractivity contribution in [2.24, 2.45) is 5.41 Å². The van der Waals surface area contributed by atoms with Crippen LogP contribution < -0.4 is 0 Å². The van der Waals surface area contributed by atoms with Crippen molar-refractivity contribution in [3.05, 3.63) is 0 Å². The van der Waals surface area contributed by atoms with Crippen molar-refractivity contribution in [1.82, 2.24) is 0 Å². The van der Waals surface area contributed by atoms with E-state index in [1.807, 2.05) is 6.92 Å². The Morgan fingerprint density at radius 3 is 2.50 bits per heavy atom. The summed E-state index contributed by atoms with van der Waals surface area (Å²) >= 11 is 4.33. The highest BCUT2D eigenvalue weighted by molar-refractivity contribution is 7.80. The molecule has 0 heterocycles. The molecular weight excluding hydrogens is 144 g/mol. The molecule has 0 radical (unpaired) electrons. The van der Waals surface area contributed by atoms with E-state index in [2.05, 4.69) is 12.6 Å². The van der Waals surface area contributed by atoms with Crippen molar-refractivity contribution >= 4 is 12.6 Å². The summed E-state index contributed by atoms with van der Waals surface area (Å²) in [6, 6.07) is 0. The SMILES string of the molecule is CCOCC1(CS)CCC1. The largest absolute Gasteiger partial charge is 0.381 e. The second-order valence-electron chi connectivity index (χ2n) is 3.15. The third-order valence-electron chi connectivity index (χ3n) is 2.36. The van der Waals surface area contributed by atoms with E-state index in [0.717, 1.165) is 19.0 Å². The lowest BCUT2D eigenvalue weighted by atomic mass is 9.71. The standard InChI is InChI=1S/C8H16OS/c1-2-9-6-8(7-10)4-3-5-8/h10H,2-7H2,1H3. The van der Waals surface area contributed by atoms with Crippen molar-refractivity contribution in [3.8, 4) is 0 Å². The Hall–Kier alpha value is 0.310. The van der Waals surface area contributed by atoms with Gasteiger partial charge in [-0.3, -0.25) is 0 Å². The van der Waals surface area contributed by atoms with Crippen molar-refractivity contribution in [1.29, 1.82) is 0 Å². The van der Waals surface area contributed by atoms with Gasteiger partial charge in [-0.2, -0.15) is 12.6 Å². The molecule has 0 atom stereocenters. The summed E-state index contributed by atoms with van der Waals surface area (Å²) < 4.78 is 5.38. The lowest BCUT2D eigenvalue weighted by molar-refractivity contribution is 0.0159. The maximum Gasteiger partial charge on any atom is 0.0530 e. The summed E-state index contributed by atoms with van der Waals surface area (Å²) in [6.45, 7) is 3.81. The number of hydrogen-bond acceptors (Lipinski definition) is 2. The number of thiol groups is 1. The van der Waals surface area contributed by atoms with Gasteiger partial charge in [0.2, 0.25) is 0 Å². The highest BCUT2D eigenvalue weighted by Gasteiger charge is 2.35. The zero-order chi connectivity index (χ0) is 7.45. The van der Waals surface area contributed by atoms with Crippen LogP contribution in [0.4, 0.5) is 0 Å². The van der Waals surface area contributed by atoms with E-state index >= 15 is 0 Å². The molecule has 1 saturated carbocycles. The van der Waals surface area contributed by atoms with E-state index in [-0.39, 0.29) is 0 Å². The Balaban J connectivity index is 2.20. The molecule has 1 fully saturated rings. The van der Waals surface area contributed by atoms with E-state index in [1.165, 1.54) is 19.3 Å². The van der Waals surface area contributed by atoms with Crippen LogP contribution in [-0.2, 0) is 4.74 Å². The van der Waals surface area contributed by atoms with E-state index in [4.69, 9.17) is 4.74 Å². The van der Waals surface area contributed by atoms with Crippen LogP contribution in [0, 0.1) is 5.41 Å². The van der Waals surface area contributed by atoms with Crippen LogP contribution in [0.1, 0.15) is 26.2 Å². The molecule has 2 heteroatoms. The van der Waals surface area contributed by atoms with Crippen LogP contribution in [0.2, 0.25) is 0 Å². The Morgan fingerprint density at radius 2 is 2.20 bits per heavy atom. The molecule has 0 spiro atoms. The molecule has 1 nitrogen and oxygen atoms in total. The molecule has 0 unspecified atom stereocenters. The molecule has 0 amide bonds. The molecule has 0 saturated heterocycles. The third-order valence-corrected chi connectivity index (χ3v) is 3.03. The van der Waals surface area contributed by atoms with Crippen molar-refractivity contribution in [2.45, 2.75) is 26.2 Å². The van der Waals surface area contributed by atoms with E-state index in [1.54, 1.807) is 0 Å². The van der Waals surface area contributed by atoms with Crippen LogP contribution in [-0.4, -0.2) is 19.0 Å². The maximum atomic E-state index is 5.38. The first-order valence-corrected chi connectivity index (χ1v) is 4.65. The summed E-state index contributed by atoms with van der Waals surface area (Å²) in [6.07, 6.45) is 4.00. The zero-order valence-electron chi connectivity index (χ0n) is 6.60. The maximum absolute atomic E-state index is 5.38. The zero-order valence-corrected chi connectivity index (χ0v) is 7.49. The molecule has 0 bridgehead atoms. The summed E-state index contributed by atoms with van der Waals surface area (Å²) in [7, 11) is 0. The smallest absolute Gasteiger partial charge is 0.0530 e. The minimum absolute atomic E-state index is 0.457. The number of ether oxygens (including phenoxy) is 1. The minimum Gasteiger partial charge on any atom is -0.381 e. The molecule has 0 aromatic carbocycles. The van der Waals surface area contributed by atoms with E-state index < -0.39 is 0 Å². The van der Waals surface area contributed by atoms with Crippen LogP contribution >= 0.6 is 12.6 Å². The average Bonchev–Trinajstić information content (AvgIpc) is 1.87. The monoisotopic (exact) mass is 160 g/mol. The fourth-order valence-electron chi connectivity index (χ4n) is 1.34. The van der Waals surface area contributed by atoms with Crippen LogP contribution in [0.5, 0.6) is 0 Å². The van der Waals surface area contributed by atoms with Gasteiger partial charge in [-0.15, -0.1) is 0 Å². The number of hydrogen-bond donors (Lipinski definition) is 1. The molecule has 10 heavy (non-hydrogen) atoms. The van der Waals surface area contributed by atoms with Crippen LogP contribution in [0.3, 0.4) is 0 Å². The van der Waals surface area contributed by atoms with Gasteiger partial charge in [0.05, 0.1) is 6.61 Å². The van der Waals surface area contributed by atoms with Crippen LogP contribution in [0.25, 0.3) is 0 Å². The van der Waals surface area contributed by atoms with Gasteiger partial charge in [-0.25, -0.2) is 0 Å². The van der Waals surface area contributed by atoms with Crippen molar-refractivity contribution in [3.63, 3.8) is 0 Å². The van der Waals surface area contributed by atoms with Gasteiger partial charge in [-0.05, 0) is 25.5 Å². The van der Waals surface area contributed by atoms with Crippen molar-refractivity contribution in [2.75, 3.05) is 19.0 Å². The molecular formula is C8H16OS. The van der Waals surface area contributed by atoms with Crippen molar-refractivity contribution < 1.29 is 4.74 Å². The van der Waals surface area contributed by atoms with Gasteiger partial charge in [0.25, 0.3) is 0 Å². The highest BCUT2D eigenvalue weighted by atomic mass is 32.1. The second kappa shape index (κ2) is 3.63. The molecule has 60 valence electrons. The molecule has 1 rings (SSSR count). The van der Waals surface area contributed by atoms with E-state index in [9.17, 15) is 0 Å². The number of rotatable bonds is 4. The Kier molecular flexibility index (Phi) is 3.05. The lowest BCUT2D eigenvalue weighted by Crippen LogP contribution is -2.36. The molecule has 0 aromatic rings. The first-order valence-electron chi connectivity index (χ1n) is 4.01. The van der Waals surface area contributed by atoms with Gasteiger partial charge in [0.15, 0.2) is 0 Å². The topological polar surface area (TPSA) is 9.23 Å². The molecule has 0 aromatic heterocycles. The summed E-state index contributed by atoms with van der Waals surface area (Å²) in [5.74, 6) is 0.993. The normalized spacial score (nSPS) is 22.2. The van der Waals surface area contributed by atoms with Gasteiger partial charge in [0.1, 0.15) is 0 Å². The summed E-state index contributed by atoms with van der Waals surface area (Å²) in [5.41, 5.74) is 0.457. The minimum atomic E-state index is 0.457. The quantitative estimate of drug-likeness (QED) is 0.620. The first kappa shape index (κ1) is 8.41. The molecule has 0 N–H and O–H groups in total. The van der Waals surface area contributed by atoms with Crippen LogP contribution in [0.15, 0.2) is 0 Å². The van der Waals surface area contributed by atoms with Gasteiger partial charge in [0, 0.05) is 12.0 Å². The molecule has 1 aliphatic carbocycles. The van der Waals surface area contributed by atoms with Gasteiger partial charge in [-0.1, -0.05) is 6.42 Å². The highest BCUT2D eigenvalue weighted by Crippen LogP contribution is 2.41. The Bertz CT molecular complexity index is 93.9. The Labute approximate surface area is 68.6 Å². The Morgan fingerprint density at radius 1 is 1.50 bits per heavy atom. The van der Waals surface area contributed by atoms with E-state index in [0.29, 0.717) is 5.41 Å². The fraction of sp³-hybridized carbons (Fsp3) is 1.00. The first-order chi connectivity index (χ1) is 4.83. The lowest BCUT2D eigenvalue weighted by Gasteiger charge is -2.40. The summed E-state index contributed by atoms with van der Waals surface area (Å²) in [4.78, 5) is 0.